The molecule has 0 spiro atoms. The van der Waals surface area contributed by atoms with Crippen LogP contribution in [0.2, 0.25) is 0 Å². The molecule has 0 aliphatic rings. The third kappa shape index (κ3) is 2.84. The molecule has 2 heterocycles. The predicted octanol–water partition coefficient (Wildman–Crippen LogP) is 3.00. The van der Waals surface area contributed by atoms with Crippen molar-refractivity contribution in [2.75, 3.05) is 0 Å². The standard InChI is InChI=1S/C15H11FN2O3/c16-12-5-2-1-4-11(12)14-8-10(18-21-14)9-17-15(19)13-6-3-7-20-13/h1-8H,9H2,(H,17,19). The van der Waals surface area contributed by atoms with Gasteiger partial charge in [0, 0.05) is 6.07 Å². The summed E-state index contributed by atoms with van der Waals surface area (Å²) in [6.07, 6.45) is 1.42. The van der Waals surface area contributed by atoms with Crippen LogP contribution in [-0.4, -0.2) is 11.1 Å². The van der Waals surface area contributed by atoms with Gasteiger partial charge in [0.2, 0.25) is 0 Å². The number of halogens is 1. The number of rotatable bonds is 4. The Bertz CT molecular complexity index is 750. The van der Waals surface area contributed by atoms with E-state index in [9.17, 15) is 9.18 Å². The number of furan rings is 1. The molecule has 0 unspecified atom stereocenters. The molecule has 21 heavy (non-hydrogen) atoms. The monoisotopic (exact) mass is 286 g/mol. The topological polar surface area (TPSA) is 68.3 Å². The predicted molar refractivity (Wildman–Crippen MR) is 71.8 cm³/mol. The van der Waals surface area contributed by atoms with Gasteiger partial charge in [-0.3, -0.25) is 4.79 Å². The van der Waals surface area contributed by atoms with Gasteiger partial charge in [0.25, 0.3) is 5.91 Å². The summed E-state index contributed by atoms with van der Waals surface area (Å²) >= 11 is 0. The number of aromatic nitrogens is 1. The summed E-state index contributed by atoms with van der Waals surface area (Å²) in [6, 6.07) is 11.0. The molecule has 0 saturated heterocycles. The van der Waals surface area contributed by atoms with Gasteiger partial charge in [-0.05, 0) is 24.3 Å². The molecular formula is C15H11FN2O3. The Kier molecular flexibility index (Phi) is 3.51. The number of nitrogens with one attached hydrogen (secondary N) is 1. The molecule has 0 radical (unpaired) electrons. The average Bonchev–Trinajstić information content (AvgIpc) is 3.17. The fourth-order valence-electron chi connectivity index (χ4n) is 1.85. The Morgan fingerprint density at radius 2 is 2.10 bits per heavy atom. The van der Waals surface area contributed by atoms with Crippen molar-refractivity contribution < 1.29 is 18.1 Å². The van der Waals surface area contributed by atoms with Crippen molar-refractivity contribution in [3.05, 3.63) is 66.0 Å². The fourth-order valence-corrected chi connectivity index (χ4v) is 1.85. The molecule has 0 aliphatic heterocycles. The molecule has 5 nitrogen and oxygen atoms in total. The van der Waals surface area contributed by atoms with E-state index in [1.165, 1.54) is 12.3 Å². The molecule has 1 amide bonds. The van der Waals surface area contributed by atoms with Crippen molar-refractivity contribution >= 4 is 5.91 Å². The van der Waals surface area contributed by atoms with Gasteiger partial charge in [0.1, 0.15) is 11.5 Å². The minimum Gasteiger partial charge on any atom is -0.459 e. The maximum atomic E-state index is 13.6. The zero-order valence-corrected chi connectivity index (χ0v) is 10.9. The largest absolute Gasteiger partial charge is 0.459 e. The second-order valence-electron chi connectivity index (χ2n) is 4.32. The SMILES string of the molecule is O=C(NCc1cc(-c2ccccc2F)on1)c1ccco1. The summed E-state index contributed by atoms with van der Waals surface area (Å²) in [5.74, 6) is -0.210. The molecule has 6 heteroatoms. The Balaban J connectivity index is 1.69. The second-order valence-corrected chi connectivity index (χ2v) is 4.32. The van der Waals surface area contributed by atoms with E-state index < -0.39 is 0 Å². The number of carbonyl (C=O) groups excluding carboxylic acids is 1. The third-order valence-electron chi connectivity index (χ3n) is 2.87. The molecular weight excluding hydrogens is 275 g/mol. The van der Waals surface area contributed by atoms with Crippen LogP contribution in [0.1, 0.15) is 16.2 Å². The first kappa shape index (κ1) is 13.1. The molecule has 0 bridgehead atoms. The van der Waals surface area contributed by atoms with Crippen molar-refractivity contribution in [3.8, 4) is 11.3 Å². The number of amides is 1. The van der Waals surface area contributed by atoms with Crippen molar-refractivity contribution in [1.29, 1.82) is 0 Å². The molecule has 0 atom stereocenters. The van der Waals surface area contributed by atoms with Gasteiger partial charge in [-0.15, -0.1) is 0 Å². The van der Waals surface area contributed by atoms with Crippen LogP contribution in [0.3, 0.4) is 0 Å². The Labute approximate surface area is 119 Å². The van der Waals surface area contributed by atoms with Crippen LogP contribution in [0.25, 0.3) is 11.3 Å². The number of benzene rings is 1. The average molecular weight is 286 g/mol. The molecule has 106 valence electrons. The molecule has 3 rings (SSSR count). The van der Waals surface area contributed by atoms with Gasteiger partial charge >= 0.3 is 0 Å². The summed E-state index contributed by atoms with van der Waals surface area (Å²) in [4.78, 5) is 11.7. The molecule has 2 aromatic heterocycles. The second kappa shape index (κ2) is 5.62. The Morgan fingerprint density at radius 1 is 1.24 bits per heavy atom. The Morgan fingerprint density at radius 3 is 2.86 bits per heavy atom. The molecule has 1 N–H and O–H groups in total. The highest BCUT2D eigenvalue weighted by Gasteiger charge is 2.12. The lowest BCUT2D eigenvalue weighted by Gasteiger charge is -1.98. The summed E-state index contributed by atoms with van der Waals surface area (Å²) in [5.41, 5.74) is 0.821. The van der Waals surface area contributed by atoms with Gasteiger partial charge in [-0.1, -0.05) is 17.3 Å². The minimum absolute atomic E-state index is 0.164. The number of nitrogens with zero attached hydrogens (tertiary/aromatic N) is 1. The van der Waals surface area contributed by atoms with Crippen LogP contribution in [0, 0.1) is 5.82 Å². The summed E-state index contributed by atoms with van der Waals surface area (Å²) < 4.78 is 23.7. The lowest BCUT2D eigenvalue weighted by atomic mass is 10.1. The highest BCUT2D eigenvalue weighted by atomic mass is 19.1. The maximum Gasteiger partial charge on any atom is 0.287 e. The lowest BCUT2D eigenvalue weighted by molar-refractivity contribution is 0.0922. The van der Waals surface area contributed by atoms with Crippen molar-refractivity contribution in [2.45, 2.75) is 6.54 Å². The van der Waals surface area contributed by atoms with E-state index in [0.29, 0.717) is 17.0 Å². The van der Waals surface area contributed by atoms with Gasteiger partial charge in [0.05, 0.1) is 18.4 Å². The van der Waals surface area contributed by atoms with E-state index in [4.69, 9.17) is 8.94 Å². The number of hydrogen-bond donors (Lipinski definition) is 1. The highest BCUT2D eigenvalue weighted by Crippen LogP contribution is 2.23. The van der Waals surface area contributed by atoms with Crippen LogP contribution in [0.4, 0.5) is 4.39 Å². The van der Waals surface area contributed by atoms with E-state index >= 15 is 0 Å². The van der Waals surface area contributed by atoms with E-state index in [-0.39, 0.29) is 24.0 Å². The summed E-state index contributed by atoms with van der Waals surface area (Å²) in [6.45, 7) is 0.164. The molecule has 0 aliphatic carbocycles. The summed E-state index contributed by atoms with van der Waals surface area (Å²) in [5, 5.41) is 6.43. The lowest BCUT2D eigenvalue weighted by Crippen LogP contribution is -2.22. The smallest absolute Gasteiger partial charge is 0.287 e. The first-order valence-electron chi connectivity index (χ1n) is 6.26. The van der Waals surface area contributed by atoms with Gasteiger partial charge in [-0.2, -0.15) is 0 Å². The maximum absolute atomic E-state index is 13.6. The van der Waals surface area contributed by atoms with E-state index in [0.717, 1.165) is 0 Å². The summed E-state index contributed by atoms with van der Waals surface area (Å²) in [7, 11) is 0. The molecule has 3 aromatic rings. The van der Waals surface area contributed by atoms with Crippen LogP contribution in [0.5, 0.6) is 0 Å². The van der Waals surface area contributed by atoms with Crippen LogP contribution in [0.15, 0.2) is 57.7 Å². The molecule has 0 saturated carbocycles. The van der Waals surface area contributed by atoms with Crippen molar-refractivity contribution in [3.63, 3.8) is 0 Å². The van der Waals surface area contributed by atoms with Gasteiger partial charge in [-0.25, -0.2) is 4.39 Å². The molecule has 1 aromatic carbocycles. The van der Waals surface area contributed by atoms with Crippen molar-refractivity contribution in [2.24, 2.45) is 0 Å². The normalized spacial score (nSPS) is 10.5. The van der Waals surface area contributed by atoms with E-state index in [1.54, 1.807) is 36.4 Å². The first-order chi connectivity index (χ1) is 10.2. The van der Waals surface area contributed by atoms with E-state index in [2.05, 4.69) is 10.5 Å². The van der Waals surface area contributed by atoms with Gasteiger partial charge < -0.3 is 14.3 Å². The fraction of sp³-hybridized carbons (Fsp3) is 0.0667. The quantitative estimate of drug-likeness (QED) is 0.800. The Hall–Kier alpha value is -2.89. The van der Waals surface area contributed by atoms with E-state index in [1.807, 2.05) is 0 Å². The number of carbonyl (C=O) groups is 1. The highest BCUT2D eigenvalue weighted by molar-refractivity contribution is 5.91. The first-order valence-corrected chi connectivity index (χ1v) is 6.26. The van der Waals surface area contributed by atoms with Crippen molar-refractivity contribution in [1.82, 2.24) is 10.5 Å². The minimum atomic E-state index is -0.389. The van der Waals surface area contributed by atoms with Crippen LogP contribution < -0.4 is 5.32 Å². The van der Waals surface area contributed by atoms with Crippen LogP contribution >= 0.6 is 0 Å². The zero-order chi connectivity index (χ0) is 14.7. The molecule has 0 fully saturated rings. The third-order valence-corrected chi connectivity index (χ3v) is 2.87. The number of hydrogen-bond acceptors (Lipinski definition) is 4. The van der Waals surface area contributed by atoms with Gasteiger partial charge in [0.15, 0.2) is 11.5 Å². The zero-order valence-electron chi connectivity index (χ0n) is 10.9. The van der Waals surface area contributed by atoms with Crippen LogP contribution in [-0.2, 0) is 6.54 Å².